The molecule has 0 saturated heterocycles. The van der Waals surface area contributed by atoms with Gasteiger partial charge in [-0.1, -0.05) is 50.4 Å². The van der Waals surface area contributed by atoms with Gasteiger partial charge in [0.15, 0.2) is 0 Å². The molecule has 2 unspecified atom stereocenters. The highest BCUT2D eigenvalue weighted by molar-refractivity contribution is 6.30. The topological polar surface area (TPSA) is 12.0 Å². The summed E-state index contributed by atoms with van der Waals surface area (Å²) in [6.45, 7) is 6.94. The molecule has 20 heavy (non-hydrogen) atoms. The quantitative estimate of drug-likeness (QED) is 0.745. The average Bonchev–Trinajstić information content (AvgIpc) is 2.39. The lowest BCUT2D eigenvalue weighted by Gasteiger charge is -2.33. The van der Waals surface area contributed by atoms with Gasteiger partial charge in [-0.25, -0.2) is 0 Å². The maximum atomic E-state index is 5.96. The van der Waals surface area contributed by atoms with Gasteiger partial charge in [0.2, 0.25) is 0 Å². The number of nitrogens with one attached hydrogen (secondary N) is 1. The van der Waals surface area contributed by atoms with Crippen molar-refractivity contribution in [3.8, 4) is 0 Å². The number of benzene rings is 1. The second kappa shape index (κ2) is 7.47. The Morgan fingerprint density at radius 3 is 2.50 bits per heavy atom. The zero-order valence-electron chi connectivity index (χ0n) is 13.0. The van der Waals surface area contributed by atoms with E-state index in [4.69, 9.17) is 11.6 Å². The summed E-state index contributed by atoms with van der Waals surface area (Å²) in [5.41, 5.74) is 1.33. The fourth-order valence-electron chi connectivity index (χ4n) is 3.52. The lowest BCUT2D eigenvalue weighted by Crippen LogP contribution is -2.36. The molecular formula is C18H28ClN. The molecule has 0 aliphatic heterocycles. The van der Waals surface area contributed by atoms with Gasteiger partial charge in [-0.05, 0) is 55.7 Å². The van der Waals surface area contributed by atoms with Crippen LogP contribution in [-0.2, 0) is 0 Å². The molecule has 0 bridgehead atoms. The van der Waals surface area contributed by atoms with E-state index in [1.165, 1.54) is 37.7 Å². The van der Waals surface area contributed by atoms with Gasteiger partial charge in [0.05, 0.1) is 0 Å². The first kappa shape index (κ1) is 15.9. The standard InChI is InChI=1S/C18H28ClN/c1-13(2)11-15-5-4-6-18(12-15)20-14(3)16-7-9-17(19)10-8-16/h7-10,13-15,18,20H,4-6,11-12H2,1-3H3/t14-,15?,18?/m1/s1. The molecule has 2 rings (SSSR count). The Balaban J connectivity index is 1.87. The molecule has 1 saturated carbocycles. The van der Waals surface area contributed by atoms with Gasteiger partial charge in [-0.15, -0.1) is 0 Å². The molecule has 112 valence electrons. The number of rotatable bonds is 5. The Bertz CT molecular complexity index is 398. The van der Waals surface area contributed by atoms with Crippen LogP contribution in [0.2, 0.25) is 5.02 Å². The first-order valence-corrected chi connectivity index (χ1v) is 8.44. The Hall–Kier alpha value is -0.530. The summed E-state index contributed by atoms with van der Waals surface area (Å²) in [5, 5.41) is 4.63. The molecule has 2 heteroatoms. The summed E-state index contributed by atoms with van der Waals surface area (Å²) in [6, 6.07) is 9.32. The molecule has 1 N–H and O–H groups in total. The largest absolute Gasteiger partial charge is 0.307 e. The number of halogens is 1. The van der Waals surface area contributed by atoms with Gasteiger partial charge in [-0.2, -0.15) is 0 Å². The Morgan fingerprint density at radius 1 is 1.15 bits per heavy atom. The van der Waals surface area contributed by atoms with Crippen molar-refractivity contribution >= 4 is 11.6 Å². The highest BCUT2D eigenvalue weighted by Gasteiger charge is 2.23. The maximum absolute atomic E-state index is 5.96. The van der Waals surface area contributed by atoms with E-state index in [0.717, 1.165) is 16.9 Å². The van der Waals surface area contributed by atoms with Crippen LogP contribution >= 0.6 is 11.6 Å². The monoisotopic (exact) mass is 293 g/mol. The molecule has 0 aromatic heterocycles. The Kier molecular flexibility index (Phi) is 5.92. The molecule has 1 nitrogen and oxygen atoms in total. The van der Waals surface area contributed by atoms with E-state index < -0.39 is 0 Å². The summed E-state index contributed by atoms with van der Waals surface area (Å²) in [4.78, 5) is 0. The van der Waals surface area contributed by atoms with Crippen LogP contribution < -0.4 is 5.32 Å². The van der Waals surface area contributed by atoms with Crippen molar-refractivity contribution in [2.24, 2.45) is 11.8 Å². The first-order valence-electron chi connectivity index (χ1n) is 8.06. The van der Waals surface area contributed by atoms with Gasteiger partial charge in [-0.3, -0.25) is 0 Å². The predicted molar refractivity (Wildman–Crippen MR) is 88.2 cm³/mol. The van der Waals surface area contributed by atoms with Crippen LogP contribution in [0.3, 0.4) is 0 Å². The molecule has 1 aromatic rings. The summed E-state index contributed by atoms with van der Waals surface area (Å²) >= 11 is 5.96. The van der Waals surface area contributed by atoms with Crippen molar-refractivity contribution in [2.75, 3.05) is 0 Å². The van der Waals surface area contributed by atoms with Crippen LogP contribution in [0.4, 0.5) is 0 Å². The van der Waals surface area contributed by atoms with Gasteiger partial charge in [0.1, 0.15) is 0 Å². The van der Waals surface area contributed by atoms with Gasteiger partial charge >= 0.3 is 0 Å². The molecule has 1 aromatic carbocycles. The normalized spacial score (nSPS) is 24.9. The third-order valence-electron chi connectivity index (χ3n) is 4.44. The SMILES string of the molecule is CC(C)CC1CCCC(N[C@H](C)c2ccc(Cl)cc2)C1. The van der Waals surface area contributed by atoms with Crippen molar-refractivity contribution in [2.45, 2.75) is 65.0 Å². The van der Waals surface area contributed by atoms with Gasteiger partial charge in [0, 0.05) is 17.1 Å². The highest BCUT2D eigenvalue weighted by atomic mass is 35.5. The fourth-order valence-corrected chi connectivity index (χ4v) is 3.65. The minimum Gasteiger partial charge on any atom is -0.307 e. The average molecular weight is 294 g/mol. The second-order valence-corrected chi connectivity index (χ2v) is 7.24. The van der Waals surface area contributed by atoms with Crippen LogP contribution in [0.5, 0.6) is 0 Å². The van der Waals surface area contributed by atoms with Crippen LogP contribution in [0.25, 0.3) is 0 Å². The van der Waals surface area contributed by atoms with E-state index in [1.807, 2.05) is 12.1 Å². The molecule has 0 heterocycles. The predicted octanol–water partition coefficient (Wildman–Crippen LogP) is 5.60. The molecule has 0 radical (unpaired) electrons. The first-order chi connectivity index (χ1) is 9.54. The highest BCUT2D eigenvalue weighted by Crippen LogP contribution is 2.30. The minimum absolute atomic E-state index is 0.412. The van der Waals surface area contributed by atoms with Crippen LogP contribution in [0.15, 0.2) is 24.3 Å². The van der Waals surface area contributed by atoms with E-state index in [1.54, 1.807) is 0 Å². The second-order valence-electron chi connectivity index (χ2n) is 6.80. The van der Waals surface area contributed by atoms with Crippen molar-refractivity contribution in [3.05, 3.63) is 34.9 Å². The zero-order valence-corrected chi connectivity index (χ0v) is 13.8. The minimum atomic E-state index is 0.412. The lowest BCUT2D eigenvalue weighted by molar-refractivity contribution is 0.242. The number of hydrogen-bond donors (Lipinski definition) is 1. The van der Waals surface area contributed by atoms with Crippen molar-refractivity contribution in [1.29, 1.82) is 0 Å². The molecule has 1 fully saturated rings. The van der Waals surface area contributed by atoms with E-state index in [-0.39, 0.29) is 0 Å². The third kappa shape index (κ3) is 4.79. The van der Waals surface area contributed by atoms with Gasteiger partial charge in [0.25, 0.3) is 0 Å². The van der Waals surface area contributed by atoms with E-state index in [9.17, 15) is 0 Å². The van der Waals surface area contributed by atoms with Crippen LogP contribution in [0.1, 0.15) is 64.5 Å². The van der Waals surface area contributed by atoms with Crippen molar-refractivity contribution in [1.82, 2.24) is 5.32 Å². The fraction of sp³-hybridized carbons (Fsp3) is 0.667. The third-order valence-corrected chi connectivity index (χ3v) is 4.70. The van der Waals surface area contributed by atoms with E-state index in [2.05, 4.69) is 38.2 Å². The summed E-state index contributed by atoms with van der Waals surface area (Å²) < 4.78 is 0. The molecule has 1 aliphatic rings. The van der Waals surface area contributed by atoms with Gasteiger partial charge < -0.3 is 5.32 Å². The van der Waals surface area contributed by atoms with Crippen molar-refractivity contribution in [3.63, 3.8) is 0 Å². The summed E-state index contributed by atoms with van der Waals surface area (Å²) in [7, 11) is 0. The van der Waals surface area contributed by atoms with Crippen molar-refractivity contribution < 1.29 is 0 Å². The summed E-state index contributed by atoms with van der Waals surface area (Å²) in [5.74, 6) is 1.74. The van der Waals surface area contributed by atoms with E-state index >= 15 is 0 Å². The molecular weight excluding hydrogens is 266 g/mol. The Labute approximate surface area is 129 Å². The molecule has 0 spiro atoms. The zero-order chi connectivity index (χ0) is 14.5. The lowest BCUT2D eigenvalue weighted by atomic mass is 9.81. The number of hydrogen-bond acceptors (Lipinski definition) is 1. The Morgan fingerprint density at radius 2 is 1.85 bits per heavy atom. The van der Waals surface area contributed by atoms with Crippen LogP contribution in [0, 0.1) is 11.8 Å². The molecule has 1 aliphatic carbocycles. The molecule has 3 atom stereocenters. The van der Waals surface area contributed by atoms with E-state index in [0.29, 0.717) is 12.1 Å². The summed E-state index contributed by atoms with van der Waals surface area (Å²) in [6.07, 6.45) is 6.85. The van der Waals surface area contributed by atoms with Crippen LogP contribution in [-0.4, -0.2) is 6.04 Å². The maximum Gasteiger partial charge on any atom is 0.0406 e. The smallest absolute Gasteiger partial charge is 0.0406 e. The molecule has 0 amide bonds.